The summed E-state index contributed by atoms with van der Waals surface area (Å²) < 4.78 is 15.9. The Labute approximate surface area is 153 Å². The zero-order valence-electron chi connectivity index (χ0n) is 14.6. The van der Waals surface area contributed by atoms with Crippen molar-refractivity contribution in [1.29, 1.82) is 0 Å². The molecule has 0 spiro atoms. The molecule has 1 aromatic rings. The van der Waals surface area contributed by atoms with E-state index in [2.05, 4.69) is 0 Å². The number of piperazine rings is 1. The second-order valence-corrected chi connectivity index (χ2v) is 5.26. The molecule has 25 heavy (non-hydrogen) atoms. The molecule has 1 aromatic carbocycles. The van der Waals surface area contributed by atoms with Gasteiger partial charge in [-0.25, -0.2) is 0 Å². The van der Waals surface area contributed by atoms with Crippen LogP contribution in [0.1, 0.15) is 10.4 Å². The predicted molar refractivity (Wildman–Crippen MR) is 94.9 cm³/mol. The Hall–Kier alpha value is -2.19. The quantitative estimate of drug-likeness (QED) is 0.801. The predicted octanol–water partition coefficient (Wildman–Crippen LogP) is 0.377. The van der Waals surface area contributed by atoms with E-state index in [1.165, 1.54) is 21.3 Å². The molecule has 0 aliphatic carbocycles. The van der Waals surface area contributed by atoms with Gasteiger partial charge in [0, 0.05) is 26.2 Å². The average Bonchev–Trinajstić information content (AvgIpc) is 2.65. The van der Waals surface area contributed by atoms with Crippen LogP contribution >= 0.6 is 12.4 Å². The van der Waals surface area contributed by atoms with E-state index in [1.54, 1.807) is 21.9 Å². The van der Waals surface area contributed by atoms with E-state index in [1.807, 2.05) is 0 Å². The molecule has 0 radical (unpaired) electrons. The summed E-state index contributed by atoms with van der Waals surface area (Å²) in [6.45, 7) is 1.82. The van der Waals surface area contributed by atoms with E-state index in [-0.39, 0.29) is 30.8 Å². The summed E-state index contributed by atoms with van der Waals surface area (Å²) in [5, 5.41) is 0. The van der Waals surface area contributed by atoms with Crippen molar-refractivity contribution in [3.05, 3.63) is 17.7 Å². The van der Waals surface area contributed by atoms with E-state index in [4.69, 9.17) is 19.9 Å². The Bertz CT molecular complexity index is 618. The lowest BCUT2D eigenvalue weighted by Crippen LogP contribution is -2.51. The van der Waals surface area contributed by atoms with Gasteiger partial charge in [-0.05, 0) is 12.1 Å². The Kier molecular flexibility index (Phi) is 7.79. The molecule has 1 aliphatic rings. The highest BCUT2D eigenvalue weighted by Crippen LogP contribution is 2.40. The maximum atomic E-state index is 12.8. The van der Waals surface area contributed by atoms with E-state index in [9.17, 15) is 9.59 Å². The van der Waals surface area contributed by atoms with E-state index in [0.29, 0.717) is 49.0 Å². The maximum Gasteiger partial charge on any atom is 0.257 e. The molecule has 1 saturated heterocycles. The molecule has 0 unspecified atom stereocenters. The first-order valence-electron chi connectivity index (χ1n) is 7.63. The van der Waals surface area contributed by atoms with E-state index >= 15 is 0 Å². The first-order chi connectivity index (χ1) is 11.6. The first-order valence-corrected chi connectivity index (χ1v) is 7.63. The number of rotatable bonds is 5. The van der Waals surface area contributed by atoms with Gasteiger partial charge in [0.1, 0.15) is 0 Å². The van der Waals surface area contributed by atoms with Gasteiger partial charge in [0.05, 0.1) is 33.4 Å². The number of nitrogens with two attached hydrogens (primary N) is 1. The summed E-state index contributed by atoms with van der Waals surface area (Å²) >= 11 is 0. The SMILES string of the molecule is COc1ccc(C(=O)N2CCN(C(=O)CN)CC2)c(OC)c1OC.Cl. The summed E-state index contributed by atoms with van der Waals surface area (Å²) in [6.07, 6.45) is 0. The number of halogens is 1. The van der Waals surface area contributed by atoms with Crippen molar-refractivity contribution in [1.82, 2.24) is 9.80 Å². The van der Waals surface area contributed by atoms with Gasteiger partial charge in [-0.1, -0.05) is 0 Å². The third-order valence-corrected chi connectivity index (χ3v) is 4.03. The molecular formula is C16H24ClN3O5. The second-order valence-electron chi connectivity index (χ2n) is 5.26. The van der Waals surface area contributed by atoms with Gasteiger partial charge < -0.3 is 29.7 Å². The number of ether oxygens (including phenoxy) is 3. The van der Waals surface area contributed by atoms with Gasteiger partial charge in [0.15, 0.2) is 11.5 Å². The maximum absolute atomic E-state index is 12.8. The summed E-state index contributed by atoms with van der Waals surface area (Å²) in [4.78, 5) is 27.8. The van der Waals surface area contributed by atoms with Crippen molar-refractivity contribution in [3.8, 4) is 17.2 Å². The molecule has 2 N–H and O–H groups in total. The van der Waals surface area contributed by atoms with Gasteiger partial charge in [-0.2, -0.15) is 0 Å². The molecule has 2 rings (SSSR count). The topological polar surface area (TPSA) is 94.3 Å². The summed E-state index contributed by atoms with van der Waals surface area (Å²) in [5.41, 5.74) is 5.77. The molecule has 8 nitrogen and oxygen atoms in total. The lowest BCUT2D eigenvalue weighted by molar-refractivity contribution is -0.131. The second kappa shape index (κ2) is 9.33. The van der Waals surface area contributed by atoms with Gasteiger partial charge >= 0.3 is 0 Å². The van der Waals surface area contributed by atoms with Crippen LogP contribution in [0.4, 0.5) is 0 Å². The molecule has 0 bridgehead atoms. The third kappa shape index (κ3) is 4.26. The molecular weight excluding hydrogens is 350 g/mol. The average molecular weight is 374 g/mol. The van der Waals surface area contributed by atoms with Crippen LogP contribution in [0.15, 0.2) is 12.1 Å². The highest BCUT2D eigenvalue weighted by Gasteiger charge is 2.28. The van der Waals surface area contributed by atoms with Gasteiger partial charge in [-0.3, -0.25) is 9.59 Å². The summed E-state index contributed by atoms with van der Waals surface area (Å²) in [5.74, 6) is 0.924. The van der Waals surface area contributed by atoms with Gasteiger partial charge in [0.25, 0.3) is 5.91 Å². The normalized spacial score (nSPS) is 13.8. The van der Waals surface area contributed by atoms with Gasteiger partial charge in [-0.15, -0.1) is 12.4 Å². The zero-order chi connectivity index (χ0) is 17.7. The summed E-state index contributed by atoms with van der Waals surface area (Å²) in [6, 6.07) is 3.32. The molecule has 0 atom stereocenters. The molecule has 1 heterocycles. The molecule has 1 fully saturated rings. The van der Waals surface area contributed by atoms with Crippen LogP contribution in [0.3, 0.4) is 0 Å². The van der Waals surface area contributed by atoms with Crippen LogP contribution in [0.2, 0.25) is 0 Å². The molecule has 1 aliphatic heterocycles. The van der Waals surface area contributed by atoms with Crippen molar-refractivity contribution in [2.45, 2.75) is 0 Å². The number of methoxy groups -OCH3 is 3. The van der Waals surface area contributed by atoms with Crippen LogP contribution in [-0.2, 0) is 4.79 Å². The number of nitrogens with zero attached hydrogens (tertiary/aromatic N) is 2. The van der Waals surface area contributed by atoms with Crippen LogP contribution < -0.4 is 19.9 Å². The number of hydrogen-bond acceptors (Lipinski definition) is 6. The van der Waals surface area contributed by atoms with Crippen molar-refractivity contribution in [2.24, 2.45) is 5.73 Å². The smallest absolute Gasteiger partial charge is 0.257 e. The first kappa shape index (κ1) is 20.9. The lowest BCUT2D eigenvalue weighted by Gasteiger charge is -2.35. The molecule has 0 aromatic heterocycles. The van der Waals surface area contributed by atoms with E-state index in [0.717, 1.165) is 0 Å². The minimum absolute atomic E-state index is 0. The standard InChI is InChI=1S/C16H23N3O5.ClH/c1-22-12-5-4-11(14(23-2)15(12)24-3)16(21)19-8-6-18(7-9-19)13(20)10-17;/h4-5H,6-10,17H2,1-3H3;1H. The Morgan fingerprint density at radius 2 is 1.52 bits per heavy atom. The number of amides is 2. The highest BCUT2D eigenvalue weighted by molar-refractivity contribution is 5.98. The minimum Gasteiger partial charge on any atom is -0.493 e. The zero-order valence-corrected chi connectivity index (χ0v) is 15.4. The number of benzene rings is 1. The minimum atomic E-state index is -0.173. The monoisotopic (exact) mass is 373 g/mol. The van der Waals surface area contributed by atoms with E-state index < -0.39 is 0 Å². The van der Waals surface area contributed by atoms with Crippen LogP contribution in [0.5, 0.6) is 17.2 Å². The number of hydrogen-bond donors (Lipinski definition) is 1. The fourth-order valence-electron chi connectivity index (χ4n) is 2.73. The van der Waals surface area contributed by atoms with Gasteiger partial charge in [0.2, 0.25) is 11.7 Å². The third-order valence-electron chi connectivity index (χ3n) is 4.03. The molecule has 9 heteroatoms. The van der Waals surface area contributed by atoms with Crippen molar-refractivity contribution >= 4 is 24.2 Å². The Balaban J connectivity index is 0.00000312. The number of carbonyl (C=O) groups excluding carboxylic acids is 2. The highest BCUT2D eigenvalue weighted by atomic mass is 35.5. The van der Waals surface area contributed by atoms with Crippen LogP contribution in [0.25, 0.3) is 0 Å². The lowest BCUT2D eigenvalue weighted by atomic mass is 10.1. The molecule has 0 saturated carbocycles. The number of carbonyl (C=O) groups is 2. The largest absolute Gasteiger partial charge is 0.493 e. The Morgan fingerprint density at radius 3 is 2.00 bits per heavy atom. The molecule has 2 amide bonds. The Morgan fingerprint density at radius 1 is 0.960 bits per heavy atom. The van der Waals surface area contributed by atoms with Crippen LogP contribution in [-0.4, -0.2) is 75.7 Å². The molecule has 140 valence electrons. The van der Waals surface area contributed by atoms with Crippen molar-refractivity contribution in [2.75, 3.05) is 54.1 Å². The van der Waals surface area contributed by atoms with Crippen molar-refractivity contribution in [3.63, 3.8) is 0 Å². The fourth-order valence-corrected chi connectivity index (χ4v) is 2.73. The summed E-state index contributed by atoms with van der Waals surface area (Å²) in [7, 11) is 4.49. The van der Waals surface area contributed by atoms with Crippen molar-refractivity contribution < 1.29 is 23.8 Å². The van der Waals surface area contributed by atoms with Crippen LogP contribution in [0, 0.1) is 0 Å². The fraction of sp³-hybridized carbons (Fsp3) is 0.500.